The molecule has 104 valence electrons. The van der Waals surface area contributed by atoms with E-state index in [1.807, 2.05) is 0 Å². The third kappa shape index (κ3) is 2.14. The molecule has 7 heteroatoms. The highest BCUT2D eigenvalue weighted by Gasteiger charge is 2.24. The standard InChI is InChI=1S/C13H13ClN4OS/c1-13(2,3)11-15-16-12-18(11)17-10(20-12)8-6-7(19)4-5-9(8)14/h4-6,19H,1-3H3. The summed E-state index contributed by atoms with van der Waals surface area (Å²) in [6, 6.07) is 4.80. The second kappa shape index (κ2) is 4.43. The van der Waals surface area contributed by atoms with Gasteiger partial charge in [0.25, 0.3) is 0 Å². The largest absolute Gasteiger partial charge is 0.508 e. The lowest BCUT2D eigenvalue weighted by molar-refractivity contribution is 0.475. The number of aromatic hydroxyl groups is 1. The minimum atomic E-state index is -0.145. The van der Waals surface area contributed by atoms with Crippen molar-refractivity contribution in [1.82, 2.24) is 19.8 Å². The summed E-state index contributed by atoms with van der Waals surface area (Å²) in [4.78, 5) is 0.712. The van der Waals surface area contributed by atoms with Crippen LogP contribution in [0, 0.1) is 0 Å². The van der Waals surface area contributed by atoms with Crippen molar-refractivity contribution >= 4 is 27.9 Å². The van der Waals surface area contributed by atoms with Crippen LogP contribution in [0.15, 0.2) is 18.2 Å². The Morgan fingerprint density at radius 1 is 1.25 bits per heavy atom. The van der Waals surface area contributed by atoms with E-state index in [1.54, 1.807) is 22.7 Å². The van der Waals surface area contributed by atoms with E-state index in [2.05, 4.69) is 36.1 Å². The maximum atomic E-state index is 9.59. The second-order valence-corrected chi connectivity index (χ2v) is 6.90. The maximum Gasteiger partial charge on any atom is 0.235 e. The molecule has 0 fully saturated rings. The molecule has 0 radical (unpaired) electrons. The molecule has 0 spiro atoms. The van der Waals surface area contributed by atoms with Crippen molar-refractivity contribution in [2.24, 2.45) is 0 Å². The first-order valence-electron chi connectivity index (χ1n) is 6.08. The first-order chi connectivity index (χ1) is 9.36. The molecule has 0 unspecified atom stereocenters. The Morgan fingerprint density at radius 3 is 2.70 bits per heavy atom. The molecule has 0 bridgehead atoms. The van der Waals surface area contributed by atoms with Crippen molar-refractivity contribution in [1.29, 1.82) is 0 Å². The van der Waals surface area contributed by atoms with Crippen LogP contribution in [-0.2, 0) is 5.41 Å². The minimum absolute atomic E-state index is 0.145. The molecule has 0 amide bonds. The van der Waals surface area contributed by atoms with Gasteiger partial charge in [-0.3, -0.25) is 0 Å². The summed E-state index contributed by atoms with van der Waals surface area (Å²) in [5.41, 5.74) is 0.551. The topological polar surface area (TPSA) is 63.3 Å². The van der Waals surface area contributed by atoms with Crippen LogP contribution in [0.25, 0.3) is 15.5 Å². The number of hydrogen-bond acceptors (Lipinski definition) is 5. The zero-order chi connectivity index (χ0) is 14.5. The third-order valence-electron chi connectivity index (χ3n) is 2.84. The Hall–Kier alpha value is -1.66. The van der Waals surface area contributed by atoms with Gasteiger partial charge in [-0.15, -0.1) is 10.2 Å². The van der Waals surface area contributed by atoms with Crippen LogP contribution in [0.5, 0.6) is 5.75 Å². The lowest BCUT2D eigenvalue weighted by Gasteiger charge is -2.13. The van der Waals surface area contributed by atoms with E-state index in [1.165, 1.54) is 11.3 Å². The highest BCUT2D eigenvalue weighted by molar-refractivity contribution is 7.19. The summed E-state index contributed by atoms with van der Waals surface area (Å²) in [7, 11) is 0. The van der Waals surface area contributed by atoms with Crippen molar-refractivity contribution in [3.63, 3.8) is 0 Å². The summed E-state index contributed by atoms with van der Waals surface area (Å²) in [6.45, 7) is 6.18. The van der Waals surface area contributed by atoms with Crippen LogP contribution >= 0.6 is 22.9 Å². The third-order valence-corrected chi connectivity index (χ3v) is 4.10. The summed E-state index contributed by atoms with van der Waals surface area (Å²) in [5.74, 6) is 0.956. The van der Waals surface area contributed by atoms with Crippen LogP contribution in [0.3, 0.4) is 0 Å². The Balaban J connectivity index is 2.19. The first-order valence-corrected chi connectivity index (χ1v) is 7.27. The van der Waals surface area contributed by atoms with E-state index in [9.17, 15) is 5.11 Å². The molecule has 1 N–H and O–H groups in total. The fraction of sp³-hybridized carbons (Fsp3) is 0.308. The molecule has 0 aliphatic heterocycles. The van der Waals surface area contributed by atoms with E-state index in [4.69, 9.17) is 11.6 Å². The SMILES string of the molecule is CC(C)(C)c1nnc2sc(-c3cc(O)ccc3Cl)nn12. The zero-order valence-corrected chi connectivity index (χ0v) is 12.8. The number of phenolic OH excluding ortho intramolecular Hbond substituents is 1. The number of halogens is 1. The van der Waals surface area contributed by atoms with Gasteiger partial charge in [-0.1, -0.05) is 43.7 Å². The summed E-state index contributed by atoms with van der Waals surface area (Å²) < 4.78 is 1.74. The number of benzene rings is 1. The fourth-order valence-electron chi connectivity index (χ4n) is 1.87. The molecular formula is C13H13ClN4OS. The number of nitrogens with zero attached hydrogens (tertiary/aromatic N) is 4. The molecule has 0 aliphatic carbocycles. The van der Waals surface area contributed by atoms with Crippen LogP contribution in [0.1, 0.15) is 26.6 Å². The lowest BCUT2D eigenvalue weighted by atomic mass is 9.96. The predicted molar refractivity (Wildman–Crippen MR) is 79.5 cm³/mol. The predicted octanol–water partition coefficient (Wildman–Crippen LogP) is 3.51. The number of hydrogen-bond donors (Lipinski definition) is 1. The van der Waals surface area contributed by atoms with Crippen molar-refractivity contribution in [2.75, 3.05) is 0 Å². The molecule has 2 aromatic heterocycles. The molecule has 3 rings (SSSR count). The van der Waals surface area contributed by atoms with Crippen molar-refractivity contribution in [2.45, 2.75) is 26.2 Å². The fourth-order valence-corrected chi connectivity index (χ4v) is 3.00. The van der Waals surface area contributed by atoms with Gasteiger partial charge in [-0.05, 0) is 18.2 Å². The summed E-state index contributed by atoms with van der Waals surface area (Å²) in [6.07, 6.45) is 0. The smallest absolute Gasteiger partial charge is 0.235 e. The Labute approximate surface area is 124 Å². The molecular weight excluding hydrogens is 296 g/mol. The Bertz CT molecular complexity index is 787. The van der Waals surface area contributed by atoms with Gasteiger partial charge in [0.1, 0.15) is 10.8 Å². The van der Waals surface area contributed by atoms with Gasteiger partial charge in [0.2, 0.25) is 4.96 Å². The molecule has 0 aliphatic rings. The van der Waals surface area contributed by atoms with Gasteiger partial charge >= 0.3 is 0 Å². The molecule has 0 saturated heterocycles. The molecule has 3 aromatic rings. The number of rotatable bonds is 1. The van der Waals surface area contributed by atoms with E-state index in [0.29, 0.717) is 20.6 Å². The van der Waals surface area contributed by atoms with Crippen LogP contribution in [0.4, 0.5) is 0 Å². The highest BCUT2D eigenvalue weighted by Crippen LogP contribution is 2.34. The van der Waals surface area contributed by atoms with Gasteiger partial charge in [0, 0.05) is 11.0 Å². The Kier molecular flexibility index (Phi) is 2.95. The van der Waals surface area contributed by atoms with Crippen molar-refractivity contribution in [3.8, 4) is 16.3 Å². The zero-order valence-electron chi connectivity index (χ0n) is 11.3. The monoisotopic (exact) mass is 308 g/mol. The minimum Gasteiger partial charge on any atom is -0.508 e. The van der Waals surface area contributed by atoms with Crippen LogP contribution in [-0.4, -0.2) is 24.9 Å². The molecule has 0 atom stereocenters. The average molecular weight is 309 g/mol. The first kappa shape index (κ1) is 13.3. The summed E-state index contributed by atoms with van der Waals surface area (Å²) in [5, 5.41) is 23.7. The Morgan fingerprint density at radius 2 is 2.00 bits per heavy atom. The molecule has 5 nitrogen and oxygen atoms in total. The maximum absolute atomic E-state index is 9.59. The number of fused-ring (bicyclic) bond motifs is 1. The van der Waals surface area contributed by atoms with E-state index in [0.717, 1.165) is 5.82 Å². The van der Waals surface area contributed by atoms with Crippen molar-refractivity contribution in [3.05, 3.63) is 29.0 Å². The van der Waals surface area contributed by atoms with Crippen molar-refractivity contribution < 1.29 is 5.11 Å². The molecule has 1 aromatic carbocycles. The average Bonchev–Trinajstić information content (AvgIpc) is 2.89. The van der Waals surface area contributed by atoms with E-state index >= 15 is 0 Å². The quantitative estimate of drug-likeness (QED) is 0.747. The van der Waals surface area contributed by atoms with Gasteiger partial charge in [-0.25, -0.2) is 0 Å². The number of aromatic nitrogens is 4. The highest BCUT2D eigenvalue weighted by atomic mass is 35.5. The van der Waals surface area contributed by atoms with Crippen LogP contribution < -0.4 is 0 Å². The van der Waals surface area contributed by atoms with E-state index < -0.39 is 0 Å². The molecule has 20 heavy (non-hydrogen) atoms. The number of phenols is 1. The lowest BCUT2D eigenvalue weighted by Crippen LogP contribution is -2.16. The normalized spacial score (nSPS) is 12.2. The molecule has 0 saturated carbocycles. The summed E-state index contributed by atoms with van der Waals surface area (Å²) >= 11 is 7.56. The van der Waals surface area contributed by atoms with Crippen LogP contribution in [0.2, 0.25) is 5.02 Å². The van der Waals surface area contributed by atoms with Gasteiger partial charge in [0.05, 0.1) is 5.02 Å². The molecule has 2 heterocycles. The van der Waals surface area contributed by atoms with E-state index in [-0.39, 0.29) is 11.2 Å². The van der Waals surface area contributed by atoms with Gasteiger partial charge in [0.15, 0.2) is 5.82 Å². The van der Waals surface area contributed by atoms with Gasteiger partial charge in [-0.2, -0.15) is 9.61 Å². The van der Waals surface area contributed by atoms with Gasteiger partial charge < -0.3 is 5.11 Å². The second-order valence-electron chi connectivity index (χ2n) is 5.54.